The molecule has 2 nitrogen and oxygen atoms in total. The van der Waals surface area contributed by atoms with Crippen LogP contribution >= 0.6 is 0 Å². The fourth-order valence-corrected chi connectivity index (χ4v) is 2.43. The topological polar surface area (TPSA) is 21.3 Å². The Balaban J connectivity index is 1.63. The monoisotopic (exact) mass is 211 g/mol. The molecule has 0 aromatic rings. The van der Waals surface area contributed by atoms with E-state index < -0.39 is 0 Å². The van der Waals surface area contributed by atoms with Gasteiger partial charge in [-0.1, -0.05) is 6.92 Å². The van der Waals surface area contributed by atoms with Crippen LogP contribution in [0.15, 0.2) is 0 Å². The fraction of sp³-hybridized carbons (Fsp3) is 1.00. The van der Waals surface area contributed by atoms with Crippen LogP contribution in [0.4, 0.5) is 0 Å². The van der Waals surface area contributed by atoms with Gasteiger partial charge in [0.05, 0.1) is 11.7 Å². The van der Waals surface area contributed by atoms with Crippen LogP contribution < -0.4 is 5.32 Å². The molecule has 2 atom stereocenters. The molecule has 2 unspecified atom stereocenters. The molecule has 0 aromatic carbocycles. The summed E-state index contributed by atoms with van der Waals surface area (Å²) in [7, 11) is 0. The van der Waals surface area contributed by atoms with Crippen molar-refractivity contribution in [1.29, 1.82) is 0 Å². The lowest BCUT2D eigenvalue weighted by Crippen LogP contribution is -2.27. The van der Waals surface area contributed by atoms with Gasteiger partial charge in [-0.2, -0.15) is 0 Å². The highest BCUT2D eigenvalue weighted by Gasteiger charge is 2.32. The van der Waals surface area contributed by atoms with Gasteiger partial charge in [0.1, 0.15) is 0 Å². The molecule has 0 amide bonds. The average molecular weight is 211 g/mol. The van der Waals surface area contributed by atoms with Crippen molar-refractivity contribution in [1.82, 2.24) is 5.32 Å². The molecule has 1 saturated carbocycles. The molecule has 1 saturated heterocycles. The van der Waals surface area contributed by atoms with Gasteiger partial charge in [0.2, 0.25) is 0 Å². The first kappa shape index (κ1) is 11.4. The molecule has 2 aliphatic rings. The molecule has 2 fully saturated rings. The highest BCUT2D eigenvalue weighted by Crippen LogP contribution is 2.32. The summed E-state index contributed by atoms with van der Waals surface area (Å²) in [6.07, 6.45) is 6.99. The lowest BCUT2D eigenvalue weighted by molar-refractivity contribution is -0.0235. The number of hydrogen-bond acceptors (Lipinski definition) is 2. The highest BCUT2D eigenvalue weighted by molar-refractivity contribution is 4.84. The van der Waals surface area contributed by atoms with Gasteiger partial charge >= 0.3 is 0 Å². The van der Waals surface area contributed by atoms with E-state index in [1.54, 1.807) is 0 Å². The van der Waals surface area contributed by atoms with E-state index in [0.29, 0.717) is 6.10 Å². The Labute approximate surface area is 93.8 Å². The van der Waals surface area contributed by atoms with Crippen molar-refractivity contribution in [2.45, 2.75) is 70.6 Å². The Bertz CT molecular complexity index is 211. The van der Waals surface area contributed by atoms with Gasteiger partial charge in [0.15, 0.2) is 0 Å². The van der Waals surface area contributed by atoms with E-state index >= 15 is 0 Å². The quantitative estimate of drug-likeness (QED) is 0.755. The minimum Gasteiger partial charge on any atom is -0.372 e. The van der Waals surface area contributed by atoms with Crippen molar-refractivity contribution in [3.63, 3.8) is 0 Å². The summed E-state index contributed by atoms with van der Waals surface area (Å²) in [6.45, 7) is 7.93. The maximum Gasteiger partial charge on any atom is 0.0631 e. The largest absolute Gasteiger partial charge is 0.372 e. The van der Waals surface area contributed by atoms with Gasteiger partial charge in [0, 0.05) is 6.04 Å². The molecule has 2 heteroatoms. The van der Waals surface area contributed by atoms with E-state index in [0.717, 1.165) is 12.0 Å². The number of nitrogens with one attached hydrogen (secondary N) is 1. The summed E-state index contributed by atoms with van der Waals surface area (Å²) in [4.78, 5) is 0. The first-order valence-corrected chi connectivity index (χ1v) is 6.46. The molecule has 1 aliphatic carbocycles. The molecule has 88 valence electrons. The zero-order chi connectivity index (χ0) is 10.9. The molecule has 0 bridgehead atoms. The summed E-state index contributed by atoms with van der Waals surface area (Å²) in [6, 6.07) is 0.841. The van der Waals surface area contributed by atoms with Crippen LogP contribution in [-0.2, 0) is 4.74 Å². The second-order valence-electron chi connectivity index (χ2n) is 6.06. The SMILES string of the molecule is CC(CNC1CC1)CC1CCC(C)(C)O1. The summed E-state index contributed by atoms with van der Waals surface area (Å²) in [5.41, 5.74) is 0.133. The summed E-state index contributed by atoms with van der Waals surface area (Å²) in [5.74, 6) is 0.754. The molecule has 1 heterocycles. The molecule has 0 radical (unpaired) electrons. The van der Waals surface area contributed by atoms with E-state index in [2.05, 4.69) is 26.1 Å². The maximum absolute atomic E-state index is 6.01. The second-order valence-corrected chi connectivity index (χ2v) is 6.06. The van der Waals surface area contributed by atoms with Crippen molar-refractivity contribution in [3.05, 3.63) is 0 Å². The van der Waals surface area contributed by atoms with Crippen LogP contribution in [0.2, 0.25) is 0 Å². The second kappa shape index (κ2) is 4.42. The minimum absolute atomic E-state index is 0.133. The van der Waals surface area contributed by atoms with Crippen molar-refractivity contribution in [2.75, 3.05) is 6.54 Å². The Morgan fingerprint density at radius 2 is 2.07 bits per heavy atom. The maximum atomic E-state index is 6.01. The summed E-state index contributed by atoms with van der Waals surface area (Å²) >= 11 is 0. The molecule has 0 spiro atoms. The lowest BCUT2D eigenvalue weighted by atomic mass is 10.00. The smallest absolute Gasteiger partial charge is 0.0631 e. The molecule has 0 aromatic heterocycles. The summed E-state index contributed by atoms with van der Waals surface area (Å²) in [5, 5.41) is 3.60. The fourth-order valence-electron chi connectivity index (χ4n) is 2.43. The molecular formula is C13H25NO. The zero-order valence-electron chi connectivity index (χ0n) is 10.4. The van der Waals surface area contributed by atoms with Crippen molar-refractivity contribution < 1.29 is 4.74 Å². The first-order valence-electron chi connectivity index (χ1n) is 6.46. The van der Waals surface area contributed by atoms with Crippen LogP contribution in [-0.4, -0.2) is 24.3 Å². The zero-order valence-corrected chi connectivity index (χ0v) is 10.4. The molecule has 15 heavy (non-hydrogen) atoms. The average Bonchev–Trinajstić information content (AvgIpc) is 2.89. The summed E-state index contributed by atoms with van der Waals surface area (Å²) < 4.78 is 6.01. The van der Waals surface area contributed by atoms with Crippen LogP contribution in [0.5, 0.6) is 0 Å². The molecule has 1 N–H and O–H groups in total. The Morgan fingerprint density at radius 3 is 2.60 bits per heavy atom. The van der Waals surface area contributed by atoms with Gasteiger partial charge in [-0.05, 0) is 58.4 Å². The van der Waals surface area contributed by atoms with Crippen molar-refractivity contribution in [2.24, 2.45) is 5.92 Å². The minimum atomic E-state index is 0.133. The van der Waals surface area contributed by atoms with E-state index in [9.17, 15) is 0 Å². The van der Waals surface area contributed by atoms with Crippen LogP contribution in [0.3, 0.4) is 0 Å². The predicted molar refractivity (Wildman–Crippen MR) is 63.0 cm³/mol. The highest BCUT2D eigenvalue weighted by atomic mass is 16.5. The van der Waals surface area contributed by atoms with Gasteiger partial charge in [-0.15, -0.1) is 0 Å². The third kappa shape index (κ3) is 3.76. The van der Waals surface area contributed by atoms with Crippen molar-refractivity contribution in [3.8, 4) is 0 Å². The number of hydrogen-bond donors (Lipinski definition) is 1. The molecular weight excluding hydrogens is 186 g/mol. The Kier molecular flexibility index (Phi) is 3.36. The Morgan fingerprint density at radius 1 is 1.33 bits per heavy atom. The van der Waals surface area contributed by atoms with E-state index in [1.165, 1.54) is 38.6 Å². The van der Waals surface area contributed by atoms with Crippen LogP contribution in [0.25, 0.3) is 0 Å². The number of ether oxygens (including phenoxy) is 1. The Hall–Kier alpha value is -0.0800. The van der Waals surface area contributed by atoms with Crippen molar-refractivity contribution >= 4 is 0 Å². The lowest BCUT2D eigenvalue weighted by Gasteiger charge is -2.21. The van der Waals surface area contributed by atoms with E-state index in [-0.39, 0.29) is 5.60 Å². The third-order valence-electron chi connectivity index (χ3n) is 3.55. The van der Waals surface area contributed by atoms with Crippen LogP contribution in [0, 0.1) is 5.92 Å². The third-order valence-corrected chi connectivity index (χ3v) is 3.55. The molecule has 2 rings (SSSR count). The molecule has 1 aliphatic heterocycles. The van der Waals surface area contributed by atoms with E-state index in [4.69, 9.17) is 4.74 Å². The van der Waals surface area contributed by atoms with Gasteiger partial charge in [-0.3, -0.25) is 0 Å². The standard InChI is InChI=1S/C13H25NO/c1-10(9-14-11-4-5-11)8-12-6-7-13(2,3)15-12/h10-12,14H,4-9H2,1-3H3. The van der Waals surface area contributed by atoms with Gasteiger partial charge in [0.25, 0.3) is 0 Å². The predicted octanol–water partition coefficient (Wildman–Crippen LogP) is 2.72. The van der Waals surface area contributed by atoms with E-state index in [1.807, 2.05) is 0 Å². The number of rotatable bonds is 5. The normalized spacial score (nSPS) is 31.8. The van der Waals surface area contributed by atoms with Crippen LogP contribution in [0.1, 0.15) is 52.9 Å². The van der Waals surface area contributed by atoms with Gasteiger partial charge in [-0.25, -0.2) is 0 Å². The van der Waals surface area contributed by atoms with Gasteiger partial charge < -0.3 is 10.1 Å². The first-order chi connectivity index (χ1) is 7.05.